The molecule has 2 atom stereocenters. The van der Waals surface area contributed by atoms with Crippen LogP contribution in [-0.4, -0.2) is 72.8 Å². The summed E-state index contributed by atoms with van der Waals surface area (Å²) < 4.78 is 47.4. The number of alkyl halides is 2. The molecule has 2 aliphatic rings. The van der Waals surface area contributed by atoms with Gasteiger partial charge in [-0.05, 0) is 36.8 Å². The first-order valence-electron chi connectivity index (χ1n) is 12.1. The highest BCUT2D eigenvalue weighted by atomic mass is 32.1. The van der Waals surface area contributed by atoms with Gasteiger partial charge in [-0.25, -0.2) is 13.8 Å². The van der Waals surface area contributed by atoms with Crippen molar-refractivity contribution >= 4 is 17.1 Å². The number of carbonyl (C=O) groups is 1. The molecular weight excluding hydrogens is 480 g/mol. The van der Waals surface area contributed by atoms with Gasteiger partial charge in [0.25, 0.3) is 17.0 Å². The zero-order valence-corrected chi connectivity index (χ0v) is 21.1. The van der Waals surface area contributed by atoms with Gasteiger partial charge in [0.2, 0.25) is 0 Å². The zero-order valence-electron chi connectivity index (χ0n) is 20.3. The van der Waals surface area contributed by atoms with Crippen LogP contribution < -0.4 is 9.47 Å². The molecule has 194 valence electrons. The maximum atomic E-state index is 13.0. The number of thiazole rings is 1. The quantitative estimate of drug-likeness (QED) is 0.446. The average Bonchev–Trinajstić information content (AvgIpc) is 3.39. The van der Waals surface area contributed by atoms with E-state index >= 15 is 0 Å². The van der Waals surface area contributed by atoms with Crippen molar-refractivity contribution in [3.63, 3.8) is 0 Å². The molecule has 2 aliphatic heterocycles. The van der Waals surface area contributed by atoms with E-state index in [-0.39, 0.29) is 24.2 Å². The zero-order chi connectivity index (χ0) is 24.8. The molecule has 0 bridgehead atoms. The molecule has 8 nitrogen and oxygen atoms in total. The second-order valence-electron chi connectivity index (χ2n) is 9.49. The van der Waals surface area contributed by atoms with Crippen molar-refractivity contribution in [2.45, 2.75) is 63.9 Å². The van der Waals surface area contributed by atoms with Gasteiger partial charge in [-0.1, -0.05) is 11.3 Å². The number of rotatable bonds is 11. The molecule has 1 fully saturated rings. The Hall–Kier alpha value is -2.11. The summed E-state index contributed by atoms with van der Waals surface area (Å²) in [5.41, 5.74) is 0.970. The van der Waals surface area contributed by atoms with E-state index in [2.05, 4.69) is 15.0 Å². The predicted molar refractivity (Wildman–Crippen MR) is 126 cm³/mol. The van der Waals surface area contributed by atoms with Crippen molar-refractivity contribution in [3.8, 4) is 11.1 Å². The van der Waals surface area contributed by atoms with Crippen LogP contribution in [0.3, 0.4) is 0 Å². The topological polar surface area (TPSA) is 86.9 Å². The molecule has 35 heavy (non-hydrogen) atoms. The Kier molecular flexibility index (Phi) is 8.72. The van der Waals surface area contributed by atoms with E-state index in [1.807, 2.05) is 0 Å². The third-order valence-electron chi connectivity index (χ3n) is 6.39. The minimum absolute atomic E-state index is 0.124. The SMILES string of the molecule is COc1cc(CC(=O)CC2CCC(CCN3CCc4nc(OCC(C)(F)F)sc4CC3)OC2)on1. The van der Waals surface area contributed by atoms with Gasteiger partial charge < -0.3 is 23.6 Å². The minimum atomic E-state index is -2.86. The molecule has 11 heteroatoms. The summed E-state index contributed by atoms with van der Waals surface area (Å²) in [7, 11) is 1.51. The molecular formula is C24H33F2N3O5S. The third-order valence-corrected chi connectivity index (χ3v) is 7.46. The molecule has 0 radical (unpaired) electrons. The molecule has 0 N–H and O–H groups in total. The maximum absolute atomic E-state index is 13.0. The fraction of sp³-hybridized carbons (Fsp3) is 0.708. The Labute approximate surface area is 207 Å². The molecule has 0 saturated carbocycles. The lowest BCUT2D eigenvalue weighted by Gasteiger charge is -2.30. The molecule has 1 saturated heterocycles. The van der Waals surface area contributed by atoms with Crippen molar-refractivity contribution in [2.24, 2.45) is 5.92 Å². The number of hydrogen-bond acceptors (Lipinski definition) is 9. The summed E-state index contributed by atoms with van der Waals surface area (Å²) in [6.45, 7) is 3.56. The van der Waals surface area contributed by atoms with E-state index in [1.165, 1.54) is 18.4 Å². The van der Waals surface area contributed by atoms with E-state index < -0.39 is 12.5 Å². The van der Waals surface area contributed by atoms with E-state index in [0.717, 1.165) is 69.2 Å². The monoisotopic (exact) mass is 513 g/mol. The van der Waals surface area contributed by atoms with Crippen LogP contribution in [0.15, 0.2) is 10.6 Å². The van der Waals surface area contributed by atoms with Crippen LogP contribution in [0.2, 0.25) is 0 Å². The number of aromatic nitrogens is 2. The Bertz CT molecular complexity index is 943. The maximum Gasteiger partial charge on any atom is 0.278 e. The van der Waals surface area contributed by atoms with Crippen LogP contribution in [0.5, 0.6) is 11.1 Å². The molecule has 0 spiro atoms. The number of ketones is 1. The Morgan fingerprint density at radius 3 is 2.86 bits per heavy atom. The molecule has 0 aliphatic carbocycles. The fourth-order valence-electron chi connectivity index (χ4n) is 4.50. The molecule has 4 heterocycles. The summed E-state index contributed by atoms with van der Waals surface area (Å²) in [5, 5.41) is 4.07. The summed E-state index contributed by atoms with van der Waals surface area (Å²) in [6.07, 6.45) is 5.47. The highest BCUT2D eigenvalue weighted by molar-refractivity contribution is 7.13. The highest BCUT2D eigenvalue weighted by Gasteiger charge is 2.27. The van der Waals surface area contributed by atoms with Gasteiger partial charge in [-0.2, -0.15) is 0 Å². The number of hydrogen-bond donors (Lipinski definition) is 0. The summed E-state index contributed by atoms with van der Waals surface area (Å²) in [6, 6.07) is 1.64. The second-order valence-corrected chi connectivity index (χ2v) is 10.5. The number of halogens is 2. The first-order valence-corrected chi connectivity index (χ1v) is 12.9. The van der Waals surface area contributed by atoms with Crippen LogP contribution in [0, 0.1) is 5.92 Å². The molecule has 2 aromatic rings. The third kappa shape index (κ3) is 7.94. The van der Waals surface area contributed by atoms with Gasteiger partial charge in [-0.3, -0.25) is 4.79 Å². The summed E-state index contributed by atoms with van der Waals surface area (Å²) in [4.78, 5) is 20.3. The Balaban J connectivity index is 1.13. The van der Waals surface area contributed by atoms with E-state index in [4.69, 9.17) is 18.7 Å². The van der Waals surface area contributed by atoms with Gasteiger partial charge in [0.15, 0.2) is 6.61 Å². The van der Waals surface area contributed by atoms with Crippen LogP contribution in [0.25, 0.3) is 0 Å². The smallest absolute Gasteiger partial charge is 0.278 e. The molecule has 2 unspecified atom stereocenters. The van der Waals surface area contributed by atoms with E-state index in [1.54, 1.807) is 6.07 Å². The number of fused-ring (bicyclic) bond motifs is 1. The molecule has 0 aromatic carbocycles. The number of carbonyl (C=O) groups excluding carboxylic acids is 1. The van der Waals surface area contributed by atoms with Crippen molar-refractivity contribution in [2.75, 3.05) is 40.0 Å². The standard InChI is InChI=1S/C24H33F2N3O5S/c1-24(25,26)15-33-23-27-20-6-9-29(10-7-21(20)35-23)8-5-18-4-3-16(14-32-18)11-17(30)12-19-13-22(31-2)28-34-19/h13,16,18H,3-12,14-15H2,1-2H3. The van der Waals surface area contributed by atoms with Gasteiger partial charge in [-0.15, -0.1) is 0 Å². The number of ether oxygens (including phenoxy) is 3. The number of Topliss-reactive ketones (excluding diaryl/α,β-unsaturated/α-hetero) is 1. The summed E-state index contributed by atoms with van der Waals surface area (Å²) >= 11 is 1.38. The number of nitrogens with zero attached hydrogens (tertiary/aromatic N) is 3. The van der Waals surface area contributed by atoms with Crippen molar-refractivity contribution in [3.05, 3.63) is 22.4 Å². The van der Waals surface area contributed by atoms with Gasteiger partial charge in [0.05, 0.1) is 31.9 Å². The van der Waals surface area contributed by atoms with Crippen molar-refractivity contribution in [1.82, 2.24) is 15.0 Å². The number of methoxy groups -OCH3 is 1. The highest BCUT2D eigenvalue weighted by Crippen LogP contribution is 2.30. The molecule has 4 rings (SSSR count). The normalized spacial score (nSPS) is 21.4. The molecule has 2 aromatic heterocycles. The van der Waals surface area contributed by atoms with Crippen LogP contribution in [0.1, 0.15) is 48.9 Å². The lowest BCUT2D eigenvalue weighted by atomic mass is 9.91. The van der Waals surface area contributed by atoms with Crippen LogP contribution >= 0.6 is 11.3 Å². The first-order chi connectivity index (χ1) is 16.8. The van der Waals surface area contributed by atoms with Crippen molar-refractivity contribution < 1.29 is 32.3 Å². The lowest BCUT2D eigenvalue weighted by molar-refractivity contribution is -0.121. The van der Waals surface area contributed by atoms with Crippen molar-refractivity contribution in [1.29, 1.82) is 0 Å². The van der Waals surface area contributed by atoms with Crippen LogP contribution in [-0.2, 0) is 28.8 Å². The van der Waals surface area contributed by atoms with E-state index in [0.29, 0.717) is 29.9 Å². The Morgan fingerprint density at radius 1 is 1.31 bits per heavy atom. The second kappa shape index (κ2) is 11.7. The van der Waals surface area contributed by atoms with Gasteiger partial charge >= 0.3 is 0 Å². The lowest BCUT2D eigenvalue weighted by Crippen LogP contribution is -2.33. The fourth-order valence-corrected chi connectivity index (χ4v) is 5.44. The van der Waals surface area contributed by atoms with E-state index in [9.17, 15) is 13.6 Å². The minimum Gasteiger partial charge on any atom is -0.479 e. The Morgan fingerprint density at radius 2 is 2.14 bits per heavy atom. The predicted octanol–water partition coefficient (Wildman–Crippen LogP) is 3.96. The van der Waals surface area contributed by atoms with Gasteiger partial charge in [0, 0.05) is 50.3 Å². The first kappa shape index (κ1) is 26.0. The summed E-state index contributed by atoms with van der Waals surface area (Å²) in [5.74, 6) is -1.59. The molecule has 0 amide bonds. The average molecular weight is 514 g/mol. The largest absolute Gasteiger partial charge is 0.479 e. The van der Waals surface area contributed by atoms with Gasteiger partial charge in [0.1, 0.15) is 11.5 Å². The van der Waals surface area contributed by atoms with Crippen LogP contribution in [0.4, 0.5) is 8.78 Å².